The highest BCUT2D eigenvalue weighted by Gasteiger charge is 2.16. The minimum Gasteiger partial charge on any atom is -0.306 e. The fourth-order valence-electron chi connectivity index (χ4n) is 2.40. The van der Waals surface area contributed by atoms with Crippen molar-refractivity contribution in [2.75, 3.05) is 5.32 Å². The summed E-state index contributed by atoms with van der Waals surface area (Å²) in [6, 6.07) is 6.84. The number of H-pyrrole nitrogens is 1. The summed E-state index contributed by atoms with van der Waals surface area (Å²) in [5, 5.41) is 17.6. The van der Waals surface area contributed by atoms with E-state index in [-0.39, 0.29) is 22.8 Å². The van der Waals surface area contributed by atoms with Crippen molar-refractivity contribution in [1.82, 2.24) is 19.7 Å². The smallest absolute Gasteiger partial charge is 0.269 e. The van der Waals surface area contributed by atoms with Crippen LogP contribution in [0.15, 0.2) is 35.1 Å². The third-order valence-corrected chi connectivity index (χ3v) is 4.00. The first-order valence-electron chi connectivity index (χ1n) is 7.96. The lowest BCUT2D eigenvalue weighted by Crippen LogP contribution is -2.20. The van der Waals surface area contributed by atoms with Crippen molar-refractivity contribution in [2.24, 2.45) is 0 Å². The lowest BCUT2D eigenvalue weighted by Gasteiger charge is -2.09. The zero-order valence-electron chi connectivity index (χ0n) is 14.8. The molecule has 3 aromatic rings. The maximum atomic E-state index is 12.5. The first kappa shape index (κ1) is 18.0. The van der Waals surface area contributed by atoms with Gasteiger partial charge in [-0.05, 0) is 32.9 Å². The summed E-state index contributed by atoms with van der Waals surface area (Å²) in [6.45, 7) is 5.10. The average Bonchev–Trinajstić information content (AvgIpc) is 2.99. The monoisotopic (exact) mass is 368 g/mol. The molecule has 2 aromatic heterocycles. The van der Waals surface area contributed by atoms with E-state index in [9.17, 15) is 19.7 Å². The second-order valence-electron chi connectivity index (χ2n) is 5.94. The number of carbonyl (C=O) groups is 1. The third-order valence-electron chi connectivity index (χ3n) is 4.00. The number of aryl methyl sites for hydroxylation is 2. The Morgan fingerprint density at radius 3 is 2.48 bits per heavy atom. The number of carbonyl (C=O) groups excluding carboxylic acids is 1. The van der Waals surface area contributed by atoms with Gasteiger partial charge in [-0.25, -0.2) is 4.98 Å². The number of aromatic amines is 1. The fourth-order valence-corrected chi connectivity index (χ4v) is 2.40. The van der Waals surface area contributed by atoms with Crippen molar-refractivity contribution in [3.05, 3.63) is 73.3 Å². The molecule has 27 heavy (non-hydrogen) atoms. The van der Waals surface area contributed by atoms with E-state index >= 15 is 0 Å². The summed E-state index contributed by atoms with van der Waals surface area (Å²) in [5.41, 5.74) is 1.50. The van der Waals surface area contributed by atoms with Crippen molar-refractivity contribution in [2.45, 2.75) is 20.8 Å². The largest absolute Gasteiger partial charge is 0.306 e. The molecular formula is C17H16N6O4. The highest BCUT2D eigenvalue weighted by molar-refractivity contribution is 6.04. The van der Waals surface area contributed by atoms with Crippen molar-refractivity contribution < 1.29 is 9.72 Å². The second-order valence-corrected chi connectivity index (χ2v) is 5.94. The molecule has 138 valence electrons. The summed E-state index contributed by atoms with van der Waals surface area (Å²) in [7, 11) is 0. The first-order chi connectivity index (χ1) is 12.8. The molecule has 10 heteroatoms. The zero-order chi connectivity index (χ0) is 19.7. The Balaban J connectivity index is 1.93. The van der Waals surface area contributed by atoms with E-state index in [1.54, 1.807) is 26.8 Å². The number of nitrogens with zero attached hydrogens (tertiary/aromatic N) is 4. The van der Waals surface area contributed by atoms with Crippen LogP contribution >= 0.6 is 0 Å². The molecule has 0 spiro atoms. The van der Waals surface area contributed by atoms with Gasteiger partial charge in [0.1, 0.15) is 5.82 Å². The summed E-state index contributed by atoms with van der Waals surface area (Å²) in [6.07, 6.45) is 0. The van der Waals surface area contributed by atoms with Crippen LogP contribution in [0.25, 0.3) is 5.95 Å². The second kappa shape index (κ2) is 6.83. The normalized spacial score (nSPS) is 10.6. The Morgan fingerprint density at radius 1 is 1.22 bits per heavy atom. The molecule has 1 aromatic carbocycles. The number of hydrogen-bond acceptors (Lipinski definition) is 6. The Hall–Kier alpha value is -3.82. The summed E-state index contributed by atoms with van der Waals surface area (Å²) < 4.78 is 1.33. The van der Waals surface area contributed by atoms with Gasteiger partial charge < -0.3 is 5.32 Å². The van der Waals surface area contributed by atoms with Crippen LogP contribution in [0.1, 0.15) is 27.3 Å². The summed E-state index contributed by atoms with van der Waals surface area (Å²) in [4.78, 5) is 41.6. The number of nitro groups is 1. The molecule has 0 saturated carbocycles. The Labute approximate surface area is 153 Å². The van der Waals surface area contributed by atoms with Crippen LogP contribution in [0.3, 0.4) is 0 Å². The Kier molecular flexibility index (Phi) is 4.55. The van der Waals surface area contributed by atoms with Gasteiger partial charge in [0.05, 0.1) is 10.6 Å². The zero-order valence-corrected chi connectivity index (χ0v) is 14.8. The predicted molar refractivity (Wildman–Crippen MR) is 97.2 cm³/mol. The van der Waals surface area contributed by atoms with Crippen LogP contribution in [-0.4, -0.2) is 30.6 Å². The van der Waals surface area contributed by atoms with E-state index in [0.29, 0.717) is 22.8 Å². The minimum atomic E-state index is -0.540. The number of anilines is 1. The first-order valence-corrected chi connectivity index (χ1v) is 7.96. The van der Waals surface area contributed by atoms with Gasteiger partial charge in [-0.1, -0.05) is 0 Å². The molecule has 0 aliphatic rings. The molecule has 10 nitrogen and oxygen atoms in total. The van der Waals surface area contributed by atoms with Gasteiger partial charge in [0.2, 0.25) is 5.95 Å². The highest BCUT2D eigenvalue weighted by atomic mass is 16.6. The van der Waals surface area contributed by atoms with Crippen molar-refractivity contribution >= 4 is 17.4 Å². The number of aromatic nitrogens is 4. The van der Waals surface area contributed by atoms with Crippen LogP contribution in [0, 0.1) is 30.9 Å². The maximum absolute atomic E-state index is 12.5. The molecule has 0 bridgehead atoms. The van der Waals surface area contributed by atoms with Crippen molar-refractivity contribution in [3.63, 3.8) is 0 Å². The highest BCUT2D eigenvalue weighted by Crippen LogP contribution is 2.17. The predicted octanol–water partition coefficient (Wildman–Crippen LogP) is 2.04. The van der Waals surface area contributed by atoms with Crippen LogP contribution in [0.4, 0.5) is 11.5 Å². The number of nitrogens with one attached hydrogen (secondary N) is 2. The topological polar surface area (TPSA) is 136 Å². The van der Waals surface area contributed by atoms with Crippen molar-refractivity contribution in [3.8, 4) is 5.95 Å². The molecule has 0 fully saturated rings. The van der Waals surface area contributed by atoms with Gasteiger partial charge in [-0.2, -0.15) is 9.78 Å². The quantitative estimate of drug-likeness (QED) is 0.534. The van der Waals surface area contributed by atoms with E-state index in [1.807, 2.05) is 0 Å². The Morgan fingerprint density at radius 2 is 1.89 bits per heavy atom. The van der Waals surface area contributed by atoms with Gasteiger partial charge in [-0.15, -0.1) is 0 Å². The fraction of sp³-hybridized carbons (Fsp3) is 0.176. The number of benzene rings is 1. The van der Waals surface area contributed by atoms with Gasteiger partial charge >= 0.3 is 0 Å². The lowest BCUT2D eigenvalue weighted by atomic mass is 10.2. The SMILES string of the molecule is Cc1cc(NC(=O)c2ccc([N+](=O)[O-])cc2)n(-c2nc(C)c(C)c(=O)[nH]2)n1. The van der Waals surface area contributed by atoms with Crippen LogP contribution < -0.4 is 10.9 Å². The van der Waals surface area contributed by atoms with Gasteiger partial charge in [0, 0.05) is 35.0 Å². The van der Waals surface area contributed by atoms with Crippen LogP contribution in [-0.2, 0) is 0 Å². The molecule has 3 rings (SSSR count). The number of nitro benzene ring substituents is 1. The number of hydrogen-bond donors (Lipinski definition) is 2. The van der Waals surface area contributed by atoms with Crippen LogP contribution in [0.5, 0.6) is 0 Å². The molecule has 0 atom stereocenters. The average molecular weight is 368 g/mol. The molecule has 0 aliphatic carbocycles. The minimum absolute atomic E-state index is 0.107. The standard InChI is InChI=1S/C17H16N6O4/c1-9-8-14(19-16(25)12-4-6-13(7-5-12)23(26)27)22(21-9)17-18-11(3)10(2)15(24)20-17/h4-8H,1-3H3,(H,19,25)(H,18,20,24). The maximum Gasteiger partial charge on any atom is 0.269 e. The molecular weight excluding hydrogens is 352 g/mol. The molecule has 0 unspecified atom stereocenters. The summed E-state index contributed by atoms with van der Waals surface area (Å²) in [5.74, 6) is 0.00897. The number of rotatable bonds is 4. The third kappa shape index (κ3) is 3.59. The Bertz CT molecular complexity index is 1100. The van der Waals surface area contributed by atoms with Crippen LogP contribution in [0.2, 0.25) is 0 Å². The van der Waals surface area contributed by atoms with Gasteiger partial charge in [0.15, 0.2) is 0 Å². The van der Waals surface area contributed by atoms with Gasteiger partial charge in [0.25, 0.3) is 17.2 Å². The van der Waals surface area contributed by atoms with Crippen molar-refractivity contribution in [1.29, 1.82) is 0 Å². The summed E-state index contributed by atoms with van der Waals surface area (Å²) >= 11 is 0. The van der Waals surface area contributed by atoms with Gasteiger partial charge in [-0.3, -0.25) is 24.7 Å². The molecule has 2 heterocycles. The molecule has 0 saturated heterocycles. The molecule has 1 amide bonds. The molecule has 0 aliphatic heterocycles. The van der Waals surface area contributed by atoms with E-state index in [1.165, 1.54) is 28.9 Å². The molecule has 0 radical (unpaired) electrons. The molecule has 2 N–H and O–H groups in total. The number of amides is 1. The van der Waals surface area contributed by atoms with E-state index in [0.717, 1.165) is 0 Å². The van der Waals surface area contributed by atoms with E-state index < -0.39 is 10.8 Å². The van der Waals surface area contributed by atoms with E-state index in [4.69, 9.17) is 0 Å². The van der Waals surface area contributed by atoms with E-state index in [2.05, 4.69) is 20.4 Å². The lowest BCUT2D eigenvalue weighted by molar-refractivity contribution is -0.384. The number of non-ortho nitro benzene ring substituents is 1.